The van der Waals surface area contributed by atoms with E-state index in [-0.39, 0.29) is 12.1 Å². The summed E-state index contributed by atoms with van der Waals surface area (Å²) in [6, 6.07) is 0. The number of carbonyl (C=O) groups is 1. The third-order valence-corrected chi connectivity index (χ3v) is 1.97. The first-order valence-electron chi connectivity index (χ1n) is 3.33. The maximum atomic E-state index is 11.1. The van der Waals surface area contributed by atoms with Gasteiger partial charge in [-0.05, 0) is 6.92 Å². The highest BCUT2D eigenvalue weighted by Gasteiger charge is 2.29. The molecule has 0 aromatic rings. The average molecular weight is 198 g/mol. The Hall–Kier alpha value is 0.01000. The average Bonchev–Trinajstić information content (AvgIpc) is 2.33. The molecule has 1 saturated heterocycles. The van der Waals surface area contributed by atoms with Crippen LogP contribution in [0.25, 0.3) is 0 Å². The van der Waals surface area contributed by atoms with Crippen molar-refractivity contribution in [2.24, 2.45) is 0 Å². The Morgan fingerprint density at radius 1 is 1.73 bits per heavy atom. The van der Waals surface area contributed by atoms with Crippen LogP contribution >= 0.6 is 23.2 Å². The Labute approximate surface area is 75.2 Å². The minimum absolute atomic E-state index is 0.192. The molecule has 0 aliphatic carbocycles. The quantitative estimate of drug-likeness (QED) is 0.588. The molecule has 64 valence electrons. The maximum Gasteiger partial charge on any atom is 0.257 e. The van der Waals surface area contributed by atoms with Gasteiger partial charge in [-0.25, -0.2) is 0 Å². The SMILES string of the molecule is CC1OCCN1C(=O)C(Cl)Cl. The molecule has 1 aliphatic rings. The fourth-order valence-electron chi connectivity index (χ4n) is 1.01. The maximum absolute atomic E-state index is 11.1. The fraction of sp³-hybridized carbons (Fsp3) is 0.833. The number of nitrogens with zero attached hydrogens (tertiary/aromatic N) is 1. The van der Waals surface area contributed by atoms with Gasteiger partial charge in [0, 0.05) is 6.54 Å². The number of hydrogen-bond donors (Lipinski definition) is 0. The van der Waals surface area contributed by atoms with Gasteiger partial charge < -0.3 is 9.64 Å². The molecule has 0 saturated carbocycles. The van der Waals surface area contributed by atoms with Crippen LogP contribution in [0.5, 0.6) is 0 Å². The normalized spacial score (nSPS) is 24.7. The molecule has 11 heavy (non-hydrogen) atoms. The van der Waals surface area contributed by atoms with Gasteiger partial charge >= 0.3 is 0 Å². The van der Waals surface area contributed by atoms with E-state index in [9.17, 15) is 4.79 Å². The molecule has 1 atom stereocenters. The molecule has 5 heteroatoms. The molecule has 1 amide bonds. The molecular weight excluding hydrogens is 189 g/mol. The zero-order valence-corrected chi connectivity index (χ0v) is 7.60. The van der Waals surface area contributed by atoms with E-state index in [1.54, 1.807) is 6.92 Å². The highest BCUT2D eigenvalue weighted by molar-refractivity contribution is 6.53. The lowest BCUT2D eigenvalue weighted by molar-refractivity contribution is -0.133. The summed E-state index contributed by atoms with van der Waals surface area (Å²) in [4.78, 5) is 11.7. The summed E-state index contributed by atoms with van der Waals surface area (Å²) < 4.78 is 5.12. The van der Waals surface area contributed by atoms with Crippen LogP contribution in [0, 0.1) is 0 Å². The van der Waals surface area contributed by atoms with E-state index < -0.39 is 4.84 Å². The van der Waals surface area contributed by atoms with Crippen molar-refractivity contribution in [3.8, 4) is 0 Å². The molecule has 1 rings (SSSR count). The summed E-state index contributed by atoms with van der Waals surface area (Å²) in [5.41, 5.74) is 0. The van der Waals surface area contributed by atoms with Crippen molar-refractivity contribution in [1.82, 2.24) is 4.90 Å². The van der Waals surface area contributed by atoms with Crippen LogP contribution < -0.4 is 0 Å². The third-order valence-electron chi connectivity index (χ3n) is 1.60. The molecule has 0 aromatic carbocycles. The number of hydrogen-bond acceptors (Lipinski definition) is 2. The van der Waals surface area contributed by atoms with Gasteiger partial charge in [0.15, 0.2) is 4.84 Å². The summed E-state index contributed by atoms with van der Waals surface area (Å²) in [6.45, 7) is 2.93. The van der Waals surface area contributed by atoms with Gasteiger partial charge in [0.2, 0.25) is 0 Å². The fourth-order valence-corrected chi connectivity index (χ4v) is 1.26. The van der Waals surface area contributed by atoms with Crippen molar-refractivity contribution >= 4 is 29.1 Å². The second-order valence-corrected chi connectivity index (χ2v) is 3.40. The summed E-state index contributed by atoms with van der Waals surface area (Å²) >= 11 is 10.8. The molecule has 0 bridgehead atoms. The van der Waals surface area contributed by atoms with Gasteiger partial charge in [0.05, 0.1) is 6.61 Å². The zero-order chi connectivity index (χ0) is 8.43. The minimum atomic E-state index is -0.973. The Bertz CT molecular complexity index is 163. The van der Waals surface area contributed by atoms with E-state index in [1.165, 1.54) is 4.90 Å². The first kappa shape index (κ1) is 9.10. The highest BCUT2D eigenvalue weighted by Crippen LogP contribution is 2.14. The lowest BCUT2D eigenvalue weighted by atomic mass is 10.5. The number of carbonyl (C=O) groups excluding carboxylic acids is 1. The largest absolute Gasteiger partial charge is 0.357 e. The van der Waals surface area contributed by atoms with Gasteiger partial charge in [-0.3, -0.25) is 4.79 Å². The first-order valence-corrected chi connectivity index (χ1v) is 4.20. The second kappa shape index (κ2) is 3.61. The minimum Gasteiger partial charge on any atom is -0.357 e. The van der Waals surface area contributed by atoms with E-state index in [4.69, 9.17) is 27.9 Å². The molecule has 1 heterocycles. The van der Waals surface area contributed by atoms with Crippen molar-refractivity contribution < 1.29 is 9.53 Å². The lowest BCUT2D eigenvalue weighted by Gasteiger charge is -2.19. The summed E-state index contributed by atoms with van der Waals surface area (Å²) in [6.07, 6.45) is -0.192. The van der Waals surface area contributed by atoms with E-state index in [2.05, 4.69) is 0 Å². The Kier molecular flexibility index (Phi) is 2.98. The van der Waals surface area contributed by atoms with Crippen LogP contribution in [0.15, 0.2) is 0 Å². The Balaban J connectivity index is 2.53. The van der Waals surface area contributed by atoms with Crippen molar-refractivity contribution in [3.05, 3.63) is 0 Å². The first-order chi connectivity index (χ1) is 5.13. The number of alkyl halides is 2. The predicted molar refractivity (Wildman–Crippen MR) is 42.6 cm³/mol. The smallest absolute Gasteiger partial charge is 0.257 e. The monoisotopic (exact) mass is 197 g/mol. The van der Waals surface area contributed by atoms with Crippen molar-refractivity contribution in [2.75, 3.05) is 13.2 Å². The summed E-state index contributed by atoms with van der Waals surface area (Å²) in [5, 5.41) is 0. The van der Waals surface area contributed by atoms with Gasteiger partial charge in [0.25, 0.3) is 5.91 Å². The standard InChI is InChI=1S/C6H9Cl2NO2/c1-4-9(2-3-11-4)6(10)5(7)8/h4-5H,2-3H2,1H3. The lowest BCUT2D eigenvalue weighted by Crippen LogP contribution is -2.37. The van der Waals surface area contributed by atoms with Gasteiger partial charge in [-0.1, -0.05) is 23.2 Å². The molecule has 1 fully saturated rings. The number of amides is 1. The van der Waals surface area contributed by atoms with Crippen molar-refractivity contribution in [3.63, 3.8) is 0 Å². The van der Waals surface area contributed by atoms with Crippen LogP contribution in [0.3, 0.4) is 0 Å². The van der Waals surface area contributed by atoms with E-state index in [0.29, 0.717) is 13.2 Å². The van der Waals surface area contributed by atoms with Crippen LogP contribution in [-0.4, -0.2) is 35.0 Å². The van der Waals surface area contributed by atoms with Gasteiger partial charge in [-0.2, -0.15) is 0 Å². The van der Waals surface area contributed by atoms with Crippen molar-refractivity contribution in [2.45, 2.75) is 18.0 Å². The molecular formula is C6H9Cl2NO2. The molecule has 0 aromatic heterocycles. The van der Waals surface area contributed by atoms with Crippen LogP contribution in [-0.2, 0) is 9.53 Å². The van der Waals surface area contributed by atoms with Crippen LogP contribution in [0.2, 0.25) is 0 Å². The summed E-state index contributed by atoms with van der Waals surface area (Å²) in [5.74, 6) is -0.279. The second-order valence-electron chi connectivity index (χ2n) is 2.30. The highest BCUT2D eigenvalue weighted by atomic mass is 35.5. The molecule has 0 N–H and O–H groups in total. The number of rotatable bonds is 1. The van der Waals surface area contributed by atoms with Gasteiger partial charge in [-0.15, -0.1) is 0 Å². The van der Waals surface area contributed by atoms with Crippen molar-refractivity contribution in [1.29, 1.82) is 0 Å². The number of halogens is 2. The van der Waals surface area contributed by atoms with E-state index >= 15 is 0 Å². The van der Waals surface area contributed by atoms with E-state index in [1.807, 2.05) is 0 Å². The van der Waals surface area contributed by atoms with Crippen LogP contribution in [0.4, 0.5) is 0 Å². The molecule has 1 unspecified atom stereocenters. The molecule has 0 spiro atoms. The molecule has 1 aliphatic heterocycles. The number of ether oxygens (including phenoxy) is 1. The van der Waals surface area contributed by atoms with Crippen LogP contribution in [0.1, 0.15) is 6.92 Å². The molecule has 3 nitrogen and oxygen atoms in total. The van der Waals surface area contributed by atoms with E-state index in [0.717, 1.165) is 0 Å². The Morgan fingerprint density at radius 3 is 2.73 bits per heavy atom. The summed E-state index contributed by atoms with van der Waals surface area (Å²) in [7, 11) is 0. The topological polar surface area (TPSA) is 29.5 Å². The molecule has 0 radical (unpaired) electrons. The van der Waals surface area contributed by atoms with Gasteiger partial charge in [0.1, 0.15) is 6.23 Å². The zero-order valence-electron chi connectivity index (χ0n) is 6.09. The Morgan fingerprint density at radius 2 is 2.36 bits per heavy atom. The predicted octanol–water partition coefficient (Wildman–Crippen LogP) is 0.995. The third kappa shape index (κ3) is 1.98.